The first kappa shape index (κ1) is 34.2. The Hall–Kier alpha value is 1.84. The second kappa shape index (κ2) is 19.9. The Morgan fingerprint density at radius 1 is 0.714 bits per heavy atom. The molecule has 0 spiro atoms. The van der Waals surface area contributed by atoms with Crippen LogP contribution in [-0.4, -0.2) is 59.0 Å². The van der Waals surface area contributed by atoms with Gasteiger partial charge in [-0.3, -0.25) is 0 Å². The fraction of sp³-hybridized carbons (Fsp3) is 0.500. The minimum atomic E-state index is -1.58. The quantitative estimate of drug-likeness (QED) is 0.424. The first-order valence-corrected chi connectivity index (χ1v) is 4.40. The molecule has 0 aromatic rings. The van der Waals surface area contributed by atoms with Crippen LogP contribution in [0.3, 0.4) is 0 Å². The normalized spacial score (nSPS) is 10.8. The maximum atomic E-state index is 9.71. The first-order chi connectivity index (χ1) is 8.07. The van der Waals surface area contributed by atoms with Gasteiger partial charge in [-0.25, -0.2) is 0 Å². The molecule has 0 bridgehead atoms. The molecule has 0 unspecified atom stereocenters. The zero-order chi connectivity index (χ0) is 14.9. The summed E-state index contributed by atoms with van der Waals surface area (Å²) >= 11 is 0. The van der Waals surface area contributed by atoms with E-state index in [1.165, 1.54) is 0 Å². The zero-order valence-electron chi connectivity index (χ0n) is 11.7. The van der Waals surface area contributed by atoms with Crippen molar-refractivity contribution in [3.8, 4) is 0 Å². The van der Waals surface area contributed by atoms with Gasteiger partial charge in [-0.1, -0.05) is 0 Å². The van der Waals surface area contributed by atoms with Crippen LogP contribution >= 0.6 is 0 Å². The summed E-state index contributed by atoms with van der Waals surface area (Å²) in [4.78, 5) is 38.7. The van der Waals surface area contributed by atoms with Gasteiger partial charge in [0.15, 0.2) is 0 Å². The average Bonchev–Trinajstić information content (AvgIpc) is 2.16. The van der Waals surface area contributed by atoms with E-state index in [0.717, 1.165) is 0 Å². The van der Waals surface area contributed by atoms with E-state index < -0.39 is 48.8 Å². The predicted octanol–water partition coefficient (Wildman–Crippen LogP) is -14.0. The minimum Gasteiger partial charge on any atom is -0.550 e. The molecule has 0 aromatic carbocycles. The van der Waals surface area contributed by atoms with Gasteiger partial charge in [0.2, 0.25) is 0 Å². The van der Waals surface area contributed by atoms with Gasteiger partial charge >= 0.3 is 126 Å². The molecule has 2 atom stereocenters. The second-order valence-electron chi connectivity index (χ2n) is 3.00. The van der Waals surface area contributed by atoms with Crippen molar-refractivity contribution in [3.05, 3.63) is 0 Å². The van der Waals surface area contributed by atoms with Gasteiger partial charge in [-0.05, 0) is 0 Å². The number of carbonyl (C=O) groups excluding carboxylic acids is 4. The fourth-order valence-electron chi connectivity index (χ4n) is 0.526. The van der Waals surface area contributed by atoms with Crippen molar-refractivity contribution in [2.24, 2.45) is 11.5 Å². The van der Waals surface area contributed by atoms with Crippen LogP contribution in [0.2, 0.25) is 0 Å². The number of rotatable bonds is 6. The summed E-state index contributed by atoms with van der Waals surface area (Å²) in [7, 11) is 0. The molecule has 0 heterocycles. The maximum absolute atomic E-state index is 9.71. The third-order valence-electron chi connectivity index (χ3n) is 1.38. The van der Waals surface area contributed by atoms with E-state index in [1.807, 2.05) is 0 Å². The molecule has 13 heteroatoms. The van der Waals surface area contributed by atoms with Gasteiger partial charge in [-0.15, -0.1) is 0 Å². The SMILES string of the molecule is N[C@@H](CC(=O)[O-])C(=O)[O-].N[C@@H](CC(=O)[O-])C(=O)[O-].[K+].[K+].[Mg+2]. The fourth-order valence-corrected chi connectivity index (χ4v) is 0.526. The van der Waals surface area contributed by atoms with Crippen molar-refractivity contribution in [2.45, 2.75) is 24.9 Å². The van der Waals surface area contributed by atoms with Gasteiger partial charge < -0.3 is 51.1 Å². The summed E-state index contributed by atoms with van der Waals surface area (Å²) in [6.07, 6.45) is -1.41. The maximum Gasteiger partial charge on any atom is 2.00 e. The molecule has 0 aliphatic heterocycles. The van der Waals surface area contributed by atoms with Crippen LogP contribution in [0.25, 0.3) is 0 Å². The van der Waals surface area contributed by atoms with E-state index >= 15 is 0 Å². The van der Waals surface area contributed by atoms with Crippen LogP contribution in [0, 0.1) is 0 Å². The summed E-state index contributed by atoms with van der Waals surface area (Å²) < 4.78 is 0. The minimum absolute atomic E-state index is 0. The largest absolute Gasteiger partial charge is 2.00 e. The number of hydrogen-bond donors (Lipinski definition) is 2. The molecule has 0 amide bonds. The molecule has 0 rings (SSSR count). The van der Waals surface area contributed by atoms with Crippen LogP contribution in [0.5, 0.6) is 0 Å². The standard InChI is InChI=1S/2C4H7NO4.2K.Mg/c2*5-2(4(8)9)1-3(6)7;;;/h2*2H,1,5H2,(H,6,7)(H,8,9);;;/q;;2*+1;+2/p-4/t2*2-;;;/m00.../s1. The molecule has 104 valence electrons. The van der Waals surface area contributed by atoms with Crippen LogP contribution in [0.1, 0.15) is 12.8 Å². The van der Waals surface area contributed by atoms with Crippen LogP contribution in [-0.2, 0) is 19.2 Å². The van der Waals surface area contributed by atoms with E-state index in [9.17, 15) is 39.6 Å². The third kappa shape index (κ3) is 27.0. The Bertz CT molecular complexity index is 312. The Labute approximate surface area is 221 Å². The van der Waals surface area contributed by atoms with E-state index in [-0.39, 0.29) is 126 Å². The molecule has 10 nitrogen and oxygen atoms in total. The topological polar surface area (TPSA) is 213 Å². The summed E-state index contributed by atoms with van der Waals surface area (Å²) in [6.45, 7) is 0. The number of carboxylic acids is 4. The van der Waals surface area contributed by atoms with E-state index in [1.54, 1.807) is 0 Å². The molecule has 0 aliphatic rings. The Morgan fingerprint density at radius 3 is 0.952 bits per heavy atom. The van der Waals surface area contributed by atoms with Crippen molar-refractivity contribution in [1.29, 1.82) is 0 Å². The zero-order valence-corrected chi connectivity index (χ0v) is 19.4. The molecule has 0 aliphatic carbocycles. The Morgan fingerprint density at radius 2 is 0.905 bits per heavy atom. The molecule has 0 aromatic heterocycles. The Kier molecular flexibility index (Phi) is 32.4. The smallest absolute Gasteiger partial charge is 0.550 e. The molecule has 4 N–H and O–H groups in total. The van der Waals surface area contributed by atoms with Crippen molar-refractivity contribution in [1.82, 2.24) is 0 Å². The van der Waals surface area contributed by atoms with Crippen LogP contribution in [0.4, 0.5) is 0 Å². The van der Waals surface area contributed by atoms with Gasteiger partial charge in [0, 0.05) is 36.9 Å². The first-order valence-electron chi connectivity index (χ1n) is 4.40. The van der Waals surface area contributed by atoms with Crippen molar-refractivity contribution < 1.29 is 142 Å². The Balaban J connectivity index is -0.0000000711. The molecule has 0 saturated heterocycles. The molecule has 0 radical (unpaired) electrons. The molecule has 21 heavy (non-hydrogen) atoms. The van der Waals surface area contributed by atoms with E-state index in [2.05, 4.69) is 0 Å². The van der Waals surface area contributed by atoms with Crippen LogP contribution in [0.15, 0.2) is 0 Å². The average molecular weight is 365 g/mol. The summed E-state index contributed by atoms with van der Waals surface area (Å²) in [5.41, 5.74) is 9.47. The summed E-state index contributed by atoms with van der Waals surface area (Å²) in [5, 5.41) is 38.7. The number of aliphatic carboxylic acids is 4. The van der Waals surface area contributed by atoms with Crippen molar-refractivity contribution in [2.75, 3.05) is 0 Å². The number of carbonyl (C=O) groups is 4. The predicted molar refractivity (Wildman–Crippen MR) is 51.0 cm³/mol. The second-order valence-corrected chi connectivity index (χ2v) is 3.00. The molecular formula is C8H10K2MgN2O8. The van der Waals surface area contributed by atoms with E-state index in [0.29, 0.717) is 0 Å². The number of nitrogens with two attached hydrogens (primary N) is 2. The van der Waals surface area contributed by atoms with Gasteiger partial charge in [-0.2, -0.15) is 0 Å². The van der Waals surface area contributed by atoms with E-state index in [4.69, 9.17) is 11.5 Å². The van der Waals surface area contributed by atoms with Crippen molar-refractivity contribution in [3.63, 3.8) is 0 Å². The third-order valence-corrected chi connectivity index (χ3v) is 1.38. The molecular weight excluding hydrogens is 355 g/mol. The molecule has 0 fully saturated rings. The van der Waals surface area contributed by atoms with Crippen LogP contribution < -0.4 is 135 Å². The summed E-state index contributed by atoms with van der Waals surface area (Å²) in [5.74, 6) is -6.16. The van der Waals surface area contributed by atoms with Crippen molar-refractivity contribution >= 4 is 46.9 Å². The van der Waals surface area contributed by atoms with Gasteiger partial charge in [0.05, 0.1) is 11.9 Å². The molecule has 0 saturated carbocycles. The summed E-state index contributed by atoms with van der Waals surface area (Å²) in [6, 6.07) is -2.93. The number of carboxylic acid groups (broad SMARTS) is 4. The van der Waals surface area contributed by atoms with Gasteiger partial charge in [0.1, 0.15) is 0 Å². The number of hydrogen-bond acceptors (Lipinski definition) is 10. The monoisotopic (exact) mass is 364 g/mol. The van der Waals surface area contributed by atoms with Gasteiger partial charge in [0.25, 0.3) is 0 Å².